The van der Waals surface area contributed by atoms with E-state index in [2.05, 4.69) is 31.2 Å². The van der Waals surface area contributed by atoms with Gasteiger partial charge in [0.2, 0.25) is 0 Å². The molecule has 194 valence electrons. The number of rotatable bonds is 19. The first-order chi connectivity index (χ1) is 17.3. The van der Waals surface area contributed by atoms with Crippen molar-refractivity contribution in [3.8, 4) is 0 Å². The third kappa shape index (κ3) is 11.7. The van der Waals surface area contributed by atoms with E-state index in [0.29, 0.717) is 19.8 Å². The van der Waals surface area contributed by atoms with Crippen LogP contribution in [0.15, 0.2) is 60.7 Å². The maximum absolute atomic E-state index is 6.26. The van der Waals surface area contributed by atoms with Gasteiger partial charge in [-0.3, -0.25) is 0 Å². The van der Waals surface area contributed by atoms with Crippen molar-refractivity contribution in [2.45, 2.75) is 109 Å². The van der Waals surface area contributed by atoms with Crippen molar-refractivity contribution in [1.29, 1.82) is 0 Å². The van der Waals surface area contributed by atoms with Crippen LogP contribution in [-0.2, 0) is 32.2 Å². The first kappa shape index (κ1) is 27.9. The highest BCUT2D eigenvalue weighted by Gasteiger charge is 2.36. The molecule has 35 heavy (non-hydrogen) atoms. The van der Waals surface area contributed by atoms with E-state index in [4.69, 9.17) is 18.9 Å². The summed E-state index contributed by atoms with van der Waals surface area (Å²) in [5.41, 5.74) is 2.34. The molecule has 0 amide bonds. The molecule has 4 heteroatoms. The molecule has 4 nitrogen and oxygen atoms in total. The maximum Gasteiger partial charge on any atom is 0.160 e. The minimum atomic E-state index is -0.209. The Morgan fingerprint density at radius 2 is 1.26 bits per heavy atom. The zero-order valence-electron chi connectivity index (χ0n) is 21.7. The number of ether oxygens (including phenoxy) is 4. The summed E-state index contributed by atoms with van der Waals surface area (Å²) in [5.74, 6) is 0. The molecule has 0 saturated carbocycles. The van der Waals surface area contributed by atoms with E-state index < -0.39 is 0 Å². The fourth-order valence-corrected chi connectivity index (χ4v) is 4.56. The van der Waals surface area contributed by atoms with Gasteiger partial charge >= 0.3 is 0 Å². The normalized spacial score (nSPS) is 19.9. The van der Waals surface area contributed by atoms with Crippen LogP contribution in [0.25, 0.3) is 0 Å². The summed E-state index contributed by atoms with van der Waals surface area (Å²) in [6.07, 6.45) is 13.7. The summed E-state index contributed by atoms with van der Waals surface area (Å²) in [6, 6.07) is 20.6. The predicted octanol–water partition coefficient (Wildman–Crippen LogP) is 7.84. The molecule has 0 unspecified atom stereocenters. The van der Waals surface area contributed by atoms with Gasteiger partial charge in [0.25, 0.3) is 0 Å². The smallest absolute Gasteiger partial charge is 0.160 e. The standard InChI is InChI=1S/C31H46O4/c1-2-3-4-5-6-7-8-9-10-17-22-33-31-23-29(34-25-28-20-15-12-16-21-28)30(35-31)26-32-24-27-18-13-11-14-19-27/h11-16,18-21,29-31H,2-10,17,22-26H2,1H3/t29-,30+,31+/m0/s1. The monoisotopic (exact) mass is 482 g/mol. The Morgan fingerprint density at radius 1 is 0.686 bits per heavy atom. The van der Waals surface area contributed by atoms with Crippen LogP contribution in [0.5, 0.6) is 0 Å². The average Bonchev–Trinajstić information content (AvgIpc) is 3.29. The van der Waals surface area contributed by atoms with Crippen molar-refractivity contribution in [1.82, 2.24) is 0 Å². The molecular weight excluding hydrogens is 436 g/mol. The highest BCUT2D eigenvalue weighted by molar-refractivity contribution is 5.14. The van der Waals surface area contributed by atoms with Crippen LogP contribution in [0.4, 0.5) is 0 Å². The Morgan fingerprint density at radius 3 is 1.89 bits per heavy atom. The van der Waals surface area contributed by atoms with E-state index in [1.807, 2.05) is 36.4 Å². The van der Waals surface area contributed by atoms with Gasteiger partial charge in [-0.25, -0.2) is 0 Å². The molecule has 0 spiro atoms. The first-order valence-electron chi connectivity index (χ1n) is 13.9. The lowest BCUT2D eigenvalue weighted by atomic mass is 10.1. The van der Waals surface area contributed by atoms with Crippen LogP contribution in [0, 0.1) is 0 Å². The van der Waals surface area contributed by atoms with E-state index in [0.717, 1.165) is 19.4 Å². The molecule has 2 aromatic carbocycles. The summed E-state index contributed by atoms with van der Waals surface area (Å²) < 4.78 is 24.6. The van der Waals surface area contributed by atoms with Crippen molar-refractivity contribution in [2.75, 3.05) is 13.2 Å². The van der Waals surface area contributed by atoms with Crippen molar-refractivity contribution in [3.05, 3.63) is 71.8 Å². The highest BCUT2D eigenvalue weighted by Crippen LogP contribution is 2.26. The van der Waals surface area contributed by atoms with Gasteiger partial charge in [0, 0.05) is 13.0 Å². The molecule has 1 aliphatic rings. The third-order valence-corrected chi connectivity index (χ3v) is 6.67. The van der Waals surface area contributed by atoms with E-state index in [9.17, 15) is 0 Å². The van der Waals surface area contributed by atoms with Crippen LogP contribution in [0.3, 0.4) is 0 Å². The molecule has 1 heterocycles. The Balaban J connectivity index is 1.32. The van der Waals surface area contributed by atoms with Gasteiger partial charge in [-0.2, -0.15) is 0 Å². The molecule has 0 aliphatic carbocycles. The molecule has 0 aromatic heterocycles. The fraction of sp³-hybridized carbons (Fsp3) is 0.613. The molecule has 2 aromatic rings. The maximum atomic E-state index is 6.26. The minimum absolute atomic E-state index is 0.0244. The van der Waals surface area contributed by atoms with Crippen LogP contribution >= 0.6 is 0 Å². The molecule has 0 bridgehead atoms. The second kappa shape index (κ2) is 17.7. The topological polar surface area (TPSA) is 36.9 Å². The molecule has 1 aliphatic heterocycles. The SMILES string of the molecule is CCCCCCCCCCCCO[C@H]1C[C@H](OCc2ccccc2)[C@@H](COCc2ccccc2)O1. The number of benzene rings is 2. The minimum Gasteiger partial charge on any atom is -0.374 e. The molecule has 1 fully saturated rings. The predicted molar refractivity (Wildman–Crippen MR) is 142 cm³/mol. The summed E-state index contributed by atoms with van der Waals surface area (Å²) in [5, 5.41) is 0. The van der Waals surface area contributed by atoms with E-state index >= 15 is 0 Å². The van der Waals surface area contributed by atoms with E-state index in [1.54, 1.807) is 0 Å². The molecule has 3 atom stereocenters. The second-order valence-electron chi connectivity index (χ2n) is 9.73. The molecule has 0 radical (unpaired) electrons. The zero-order valence-corrected chi connectivity index (χ0v) is 21.7. The quantitative estimate of drug-likeness (QED) is 0.191. The van der Waals surface area contributed by atoms with Crippen molar-refractivity contribution < 1.29 is 18.9 Å². The second-order valence-corrected chi connectivity index (χ2v) is 9.73. The van der Waals surface area contributed by atoms with Crippen LogP contribution in [0.2, 0.25) is 0 Å². The molecule has 3 rings (SSSR count). The van der Waals surface area contributed by atoms with Gasteiger partial charge in [0.15, 0.2) is 6.29 Å². The Bertz CT molecular complexity index is 751. The Kier molecular flexibility index (Phi) is 14.1. The van der Waals surface area contributed by atoms with Crippen LogP contribution < -0.4 is 0 Å². The fourth-order valence-electron chi connectivity index (χ4n) is 4.56. The number of unbranched alkanes of at least 4 members (excludes halogenated alkanes) is 9. The van der Waals surface area contributed by atoms with Gasteiger partial charge in [0.05, 0.1) is 25.9 Å². The van der Waals surface area contributed by atoms with Crippen LogP contribution in [0.1, 0.15) is 88.7 Å². The molecular formula is C31H46O4. The Labute approximate surface area is 213 Å². The molecule has 1 saturated heterocycles. The largest absolute Gasteiger partial charge is 0.374 e. The van der Waals surface area contributed by atoms with Gasteiger partial charge in [-0.1, -0.05) is 125 Å². The van der Waals surface area contributed by atoms with Gasteiger partial charge in [0.1, 0.15) is 6.10 Å². The van der Waals surface area contributed by atoms with Gasteiger partial charge < -0.3 is 18.9 Å². The van der Waals surface area contributed by atoms with E-state index in [1.165, 1.54) is 68.9 Å². The van der Waals surface area contributed by atoms with Crippen molar-refractivity contribution in [2.24, 2.45) is 0 Å². The van der Waals surface area contributed by atoms with Crippen molar-refractivity contribution >= 4 is 0 Å². The van der Waals surface area contributed by atoms with Crippen LogP contribution in [-0.4, -0.2) is 31.7 Å². The summed E-state index contributed by atoms with van der Waals surface area (Å²) in [6.45, 7) is 4.69. The highest BCUT2D eigenvalue weighted by atomic mass is 16.7. The van der Waals surface area contributed by atoms with Gasteiger partial charge in [-0.15, -0.1) is 0 Å². The van der Waals surface area contributed by atoms with Gasteiger partial charge in [-0.05, 0) is 17.5 Å². The summed E-state index contributed by atoms with van der Waals surface area (Å²) >= 11 is 0. The average molecular weight is 483 g/mol. The Hall–Kier alpha value is -1.72. The first-order valence-corrected chi connectivity index (χ1v) is 13.9. The third-order valence-electron chi connectivity index (χ3n) is 6.67. The lowest BCUT2D eigenvalue weighted by Crippen LogP contribution is -2.29. The lowest BCUT2D eigenvalue weighted by Gasteiger charge is -2.19. The number of hydrogen-bond acceptors (Lipinski definition) is 4. The zero-order chi connectivity index (χ0) is 24.4. The van der Waals surface area contributed by atoms with E-state index in [-0.39, 0.29) is 18.5 Å². The summed E-state index contributed by atoms with van der Waals surface area (Å²) in [4.78, 5) is 0. The summed E-state index contributed by atoms with van der Waals surface area (Å²) in [7, 11) is 0. The lowest BCUT2D eigenvalue weighted by molar-refractivity contribution is -0.151. The number of hydrogen-bond donors (Lipinski definition) is 0. The van der Waals surface area contributed by atoms with Crippen molar-refractivity contribution in [3.63, 3.8) is 0 Å². The molecule has 0 N–H and O–H groups in total.